The monoisotopic (exact) mass is 403 g/mol. The highest BCUT2D eigenvalue weighted by Crippen LogP contribution is 2.30. The predicted octanol–water partition coefficient (Wildman–Crippen LogP) is 1.68. The number of amidine groups is 1. The van der Waals surface area contributed by atoms with Crippen LogP contribution in [-0.4, -0.2) is 51.2 Å². The zero-order chi connectivity index (χ0) is 20.6. The molecule has 0 spiro atoms. The smallest absolute Gasteiger partial charge is 0.328 e. The van der Waals surface area contributed by atoms with Crippen molar-refractivity contribution in [2.75, 3.05) is 13.1 Å². The summed E-state index contributed by atoms with van der Waals surface area (Å²) >= 11 is 5.96. The lowest BCUT2D eigenvalue weighted by Crippen LogP contribution is -2.44. The third-order valence-electron chi connectivity index (χ3n) is 3.66. The molecule has 9 heteroatoms. The van der Waals surface area contributed by atoms with E-state index in [1.807, 2.05) is 30.3 Å². The topological polar surface area (TPSA) is 132 Å². The molecule has 1 aromatic carbocycles. The quantitative estimate of drug-likeness (QED) is 0.441. The first-order valence-corrected chi connectivity index (χ1v) is 8.55. The number of rotatable bonds is 5. The van der Waals surface area contributed by atoms with Gasteiger partial charge in [-0.3, -0.25) is 4.99 Å². The summed E-state index contributed by atoms with van der Waals surface area (Å²) in [6.07, 6.45) is 1.12. The van der Waals surface area contributed by atoms with Crippen molar-refractivity contribution in [3.05, 3.63) is 77.1 Å². The highest BCUT2D eigenvalue weighted by Gasteiger charge is 2.40. The van der Waals surface area contributed by atoms with Crippen LogP contribution in [0.2, 0.25) is 5.15 Å². The van der Waals surface area contributed by atoms with E-state index in [0.717, 1.165) is 0 Å². The maximum absolute atomic E-state index is 11.3. The summed E-state index contributed by atoms with van der Waals surface area (Å²) < 4.78 is 0. The molecule has 1 unspecified atom stereocenters. The summed E-state index contributed by atoms with van der Waals surface area (Å²) in [4.78, 5) is 27.7. The molecule has 0 amide bonds. The van der Waals surface area contributed by atoms with Gasteiger partial charge in [-0.2, -0.15) is 0 Å². The number of pyridine rings is 1. The Morgan fingerprint density at radius 1 is 1.04 bits per heavy atom. The first-order chi connectivity index (χ1) is 13.3. The van der Waals surface area contributed by atoms with Crippen LogP contribution in [0.1, 0.15) is 11.3 Å². The van der Waals surface area contributed by atoms with Crippen molar-refractivity contribution in [3.8, 4) is 0 Å². The number of nitrogens with one attached hydrogen (secondary N) is 1. The maximum Gasteiger partial charge on any atom is 0.328 e. The van der Waals surface area contributed by atoms with Gasteiger partial charge in [0.15, 0.2) is 5.60 Å². The molecule has 146 valence electrons. The van der Waals surface area contributed by atoms with Crippen LogP contribution in [0, 0.1) is 0 Å². The number of hydrogen-bond acceptors (Lipinski definition) is 6. The van der Waals surface area contributed by atoms with E-state index in [0.29, 0.717) is 47.5 Å². The lowest BCUT2D eigenvalue weighted by atomic mass is 9.88. The largest absolute Gasteiger partial charge is 0.478 e. The van der Waals surface area contributed by atoms with Crippen molar-refractivity contribution < 1.29 is 24.9 Å². The molecule has 0 saturated heterocycles. The number of aliphatic imine (C=N–C) groups is 1. The molecular formula is C19H18ClN3O5. The second-order valence-electron chi connectivity index (χ2n) is 5.59. The summed E-state index contributed by atoms with van der Waals surface area (Å²) in [5.41, 5.74) is -0.227. The van der Waals surface area contributed by atoms with Crippen molar-refractivity contribution in [2.24, 2.45) is 4.99 Å². The number of carbonyl (C=O) groups is 2. The molecule has 0 bridgehead atoms. The number of carboxylic acid groups (broad SMARTS) is 2. The summed E-state index contributed by atoms with van der Waals surface area (Å²) in [5.74, 6) is -2.00. The van der Waals surface area contributed by atoms with E-state index < -0.39 is 17.5 Å². The molecule has 0 fully saturated rings. The number of carboxylic acids is 2. The van der Waals surface area contributed by atoms with Gasteiger partial charge < -0.3 is 20.6 Å². The van der Waals surface area contributed by atoms with E-state index >= 15 is 0 Å². The van der Waals surface area contributed by atoms with Crippen molar-refractivity contribution in [1.82, 2.24) is 10.3 Å². The lowest BCUT2D eigenvalue weighted by molar-refractivity contribution is -0.134. The van der Waals surface area contributed by atoms with Crippen LogP contribution >= 0.6 is 11.6 Å². The Bertz CT molecular complexity index is 885. The van der Waals surface area contributed by atoms with Crippen LogP contribution < -0.4 is 5.32 Å². The lowest BCUT2D eigenvalue weighted by Gasteiger charge is -2.28. The normalized spacial score (nSPS) is 15.0. The molecule has 0 aliphatic carbocycles. The number of aliphatic carboxylic acids is 2. The number of aliphatic hydroxyl groups is 1. The molecule has 0 saturated carbocycles. The van der Waals surface area contributed by atoms with Gasteiger partial charge in [0.25, 0.3) is 0 Å². The Morgan fingerprint density at radius 3 is 2.18 bits per heavy atom. The van der Waals surface area contributed by atoms with Crippen LogP contribution in [0.3, 0.4) is 0 Å². The summed E-state index contributed by atoms with van der Waals surface area (Å²) in [7, 11) is 0. The third kappa shape index (κ3) is 5.38. The van der Waals surface area contributed by atoms with Gasteiger partial charge in [-0.1, -0.05) is 48.0 Å². The first-order valence-electron chi connectivity index (χ1n) is 8.17. The maximum atomic E-state index is 11.3. The second kappa shape index (κ2) is 9.63. The summed E-state index contributed by atoms with van der Waals surface area (Å²) in [6, 6.07) is 14.6. The zero-order valence-corrected chi connectivity index (χ0v) is 15.4. The predicted molar refractivity (Wildman–Crippen MR) is 103 cm³/mol. The first kappa shape index (κ1) is 21.1. The fourth-order valence-electron chi connectivity index (χ4n) is 2.48. The van der Waals surface area contributed by atoms with E-state index in [-0.39, 0.29) is 0 Å². The molecule has 2 heterocycles. The number of hydrogen-bond donors (Lipinski definition) is 4. The van der Waals surface area contributed by atoms with Gasteiger partial charge in [-0.25, -0.2) is 14.6 Å². The van der Waals surface area contributed by atoms with E-state index in [1.54, 1.807) is 18.2 Å². The molecular weight excluding hydrogens is 386 g/mol. The molecule has 1 aliphatic rings. The van der Waals surface area contributed by atoms with Gasteiger partial charge in [-0.15, -0.1) is 0 Å². The van der Waals surface area contributed by atoms with Crippen LogP contribution in [-0.2, 0) is 15.2 Å². The highest BCUT2D eigenvalue weighted by atomic mass is 35.5. The molecule has 0 radical (unpaired) electrons. The van der Waals surface area contributed by atoms with Gasteiger partial charge in [0.2, 0.25) is 0 Å². The van der Waals surface area contributed by atoms with Crippen LogP contribution in [0.15, 0.2) is 65.7 Å². The number of nitrogens with zero attached hydrogens (tertiary/aromatic N) is 2. The average molecular weight is 404 g/mol. The van der Waals surface area contributed by atoms with E-state index in [9.17, 15) is 14.7 Å². The van der Waals surface area contributed by atoms with Crippen LogP contribution in [0.25, 0.3) is 0 Å². The van der Waals surface area contributed by atoms with Crippen LogP contribution in [0.5, 0.6) is 0 Å². The number of aromatic nitrogens is 1. The van der Waals surface area contributed by atoms with Gasteiger partial charge in [0, 0.05) is 18.7 Å². The average Bonchev–Trinajstić information content (AvgIpc) is 3.22. The molecule has 1 aromatic heterocycles. The van der Waals surface area contributed by atoms with Crippen molar-refractivity contribution in [3.63, 3.8) is 0 Å². The molecule has 2 aromatic rings. The third-order valence-corrected chi connectivity index (χ3v) is 3.87. The van der Waals surface area contributed by atoms with E-state index in [2.05, 4.69) is 15.3 Å². The fraction of sp³-hybridized carbons (Fsp3) is 0.158. The Kier molecular flexibility index (Phi) is 7.25. The van der Waals surface area contributed by atoms with Crippen LogP contribution in [0.4, 0.5) is 0 Å². The Labute approximate surface area is 165 Å². The second-order valence-corrected chi connectivity index (χ2v) is 5.98. The van der Waals surface area contributed by atoms with E-state index in [1.165, 1.54) is 0 Å². The Balaban J connectivity index is 0.000000300. The molecule has 1 atom stereocenters. The fourth-order valence-corrected chi connectivity index (χ4v) is 2.64. The standard InChI is InChI=1S/C15H14ClN3O.C4H4O4/c16-13-8-4-7-12(19-13)15(20,14-17-9-10-18-14)11-5-2-1-3-6-11;5-3(6)1-2-4(7)8/h1-8,20H,9-10H2,(H,17,18);1-2H,(H,5,6)(H,7,8). The van der Waals surface area contributed by atoms with Gasteiger partial charge in [0.05, 0.1) is 12.2 Å². The molecule has 28 heavy (non-hydrogen) atoms. The van der Waals surface area contributed by atoms with Gasteiger partial charge >= 0.3 is 11.9 Å². The minimum absolute atomic E-state index is 0.343. The van der Waals surface area contributed by atoms with Gasteiger partial charge in [-0.05, 0) is 17.7 Å². The zero-order valence-electron chi connectivity index (χ0n) is 14.6. The Morgan fingerprint density at radius 2 is 1.68 bits per heavy atom. The van der Waals surface area contributed by atoms with Crippen molar-refractivity contribution >= 4 is 29.4 Å². The minimum atomic E-state index is -1.40. The molecule has 1 aliphatic heterocycles. The number of benzene rings is 1. The van der Waals surface area contributed by atoms with Crippen molar-refractivity contribution in [2.45, 2.75) is 5.60 Å². The van der Waals surface area contributed by atoms with E-state index in [4.69, 9.17) is 21.8 Å². The summed E-state index contributed by atoms with van der Waals surface area (Å²) in [5, 5.41) is 30.4. The minimum Gasteiger partial charge on any atom is -0.478 e. The SMILES string of the molecule is O=C(O)C=CC(=O)O.OC(C1=NCCN1)(c1ccccc1)c1cccc(Cl)n1. The Hall–Kier alpha value is -3.23. The van der Waals surface area contributed by atoms with Crippen molar-refractivity contribution in [1.29, 1.82) is 0 Å². The molecule has 4 N–H and O–H groups in total. The summed E-state index contributed by atoms with van der Waals surface area (Å²) in [6.45, 7) is 1.36. The molecule has 8 nitrogen and oxygen atoms in total. The number of halogens is 1. The molecule has 3 rings (SSSR count). The highest BCUT2D eigenvalue weighted by molar-refractivity contribution is 6.29. The van der Waals surface area contributed by atoms with Gasteiger partial charge in [0.1, 0.15) is 11.0 Å².